The monoisotopic (exact) mass is 414 g/mol. The Morgan fingerprint density at radius 2 is 2.16 bits per heavy atom. The second-order valence-corrected chi connectivity index (χ2v) is 7.27. The molecule has 4 rings (SSSR count). The maximum Gasteiger partial charge on any atom is 0.298 e. The highest BCUT2D eigenvalue weighted by atomic mass is 16.5. The van der Waals surface area contributed by atoms with Crippen molar-refractivity contribution in [1.29, 1.82) is 5.26 Å². The SMILES string of the molecule is C#CC(=O)N1CCC(Nc2ccc(-c3cc(OCC)cn4ncc(C#N)c34)cn2)CC1. The van der Waals surface area contributed by atoms with Gasteiger partial charge in [0.05, 0.1) is 30.1 Å². The van der Waals surface area contributed by atoms with Gasteiger partial charge in [-0.3, -0.25) is 4.79 Å². The lowest BCUT2D eigenvalue weighted by Crippen LogP contribution is -2.41. The Morgan fingerprint density at radius 1 is 1.35 bits per heavy atom. The molecular weight excluding hydrogens is 392 g/mol. The highest BCUT2D eigenvalue weighted by Crippen LogP contribution is 2.31. The largest absolute Gasteiger partial charge is 0.492 e. The summed E-state index contributed by atoms with van der Waals surface area (Å²) >= 11 is 0. The summed E-state index contributed by atoms with van der Waals surface area (Å²) in [4.78, 5) is 17.9. The summed E-state index contributed by atoms with van der Waals surface area (Å²) in [5.41, 5.74) is 2.91. The molecule has 3 aromatic rings. The first-order valence-electron chi connectivity index (χ1n) is 10.2. The van der Waals surface area contributed by atoms with Crippen molar-refractivity contribution < 1.29 is 9.53 Å². The Hall–Kier alpha value is -4.04. The lowest BCUT2D eigenvalue weighted by atomic mass is 10.0. The molecule has 4 heterocycles. The van der Waals surface area contributed by atoms with Gasteiger partial charge in [-0.2, -0.15) is 10.4 Å². The molecule has 0 aromatic carbocycles. The van der Waals surface area contributed by atoms with Gasteiger partial charge in [-0.15, -0.1) is 6.42 Å². The van der Waals surface area contributed by atoms with Gasteiger partial charge in [0.1, 0.15) is 17.6 Å². The van der Waals surface area contributed by atoms with Crippen LogP contribution in [0.5, 0.6) is 5.75 Å². The van der Waals surface area contributed by atoms with Crippen LogP contribution in [0.25, 0.3) is 16.6 Å². The van der Waals surface area contributed by atoms with Crippen LogP contribution in [0.15, 0.2) is 36.8 Å². The van der Waals surface area contributed by atoms with Crippen LogP contribution in [0.3, 0.4) is 0 Å². The topological polar surface area (TPSA) is 95.5 Å². The van der Waals surface area contributed by atoms with Gasteiger partial charge in [0.15, 0.2) is 0 Å². The molecule has 1 N–H and O–H groups in total. The van der Waals surface area contributed by atoms with Gasteiger partial charge in [0.25, 0.3) is 5.91 Å². The van der Waals surface area contributed by atoms with Gasteiger partial charge < -0.3 is 15.0 Å². The average molecular weight is 414 g/mol. The zero-order chi connectivity index (χ0) is 21.8. The van der Waals surface area contributed by atoms with Crippen LogP contribution in [0.4, 0.5) is 5.82 Å². The van der Waals surface area contributed by atoms with Crippen LogP contribution in [-0.2, 0) is 4.79 Å². The van der Waals surface area contributed by atoms with E-state index >= 15 is 0 Å². The van der Waals surface area contributed by atoms with Crippen LogP contribution < -0.4 is 10.1 Å². The number of carbonyl (C=O) groups is 1. The summed E-state index contributed by atoms with van der Waals surface area (Å²) in [5.74, 6) is 3.35. The molecule has 8 nitrogen and oxygen atoms in total. The molecule has 1 saturated heterocycles. The standard InChI is InChI=1S/C23H22N6O2/c1-3-22(30)28-9-7-18(8-10-28)27-21-6-5-16(13-25-21)20-11-19(31-4-2)15-29-23(20)17(12-24)14-26-29/h1,5-6,11,13-15,18H,4,7-10H2,2H3,(H,25,27). The number of pyridine rings is 2. The minimum absolute atomic E-state index is 0.230. The van der Waals surface area contributed by atoms with Crippen molar-refractivity contribution in [3.8, 4) is 35.3 Å². The molecule has 1 aliphatic heterocycles. The third-order valence-electron chi connectivity index (χ3n) is 5.35. The van der Waals surface area contributed by atoms with Crippen molar-refractivity contribution in [2.75, 3.05) is 25.0 Å². The fourth-order valence-corrected chi connectivity index (χ4v) is 3.81. The van der Waals surface area contributed by atoms with Crippen molar-refractivity contribution in [2.45, 2.75) is 25.8 Å². The minimum Gasteiger partial charge on any atom is -0.492 e. The summed E-state index contributed by atoms with van der Waals surface area (Å²) in [6, 6.07) is 8.21. The van der Waals surface area contributed by atoms with E-state index in [1.807, 2.05) is 25.1 Å². The first kappa shape index (κ1) is 20.2. The average Bonchev–Trinajstić information content (AvgIpc) is 3.22. The number of nitrogens with zero attached hydrogens (tertiary/aromatic N) is 5. The van der Waals surface area contributed by atoms with E-state index in [1.54, 1.807) is 28.0 Å². The van der Waals surface area contributed by atoms with Crippen LogP contribution in [-0.4, -0.2) is 51.1 Å². The van der Waals surface area contributed by atoms with Crippen molar-refractivity contribution in [1.82, 2.24) is 19.5 Å². The Bertz CT molecular complexity index is 1180. The fraction of sp³-hybridized carbons (Fsp3) is 0.304. The molecule has 0 bridgehead atoms. The summed E-state index contributed by atoms with van der Waals surface area (Å²) < 4.78 is 7.32. The molecule has 8 heteroatoms. The molecule has 1 aliphatic rings. The number of aromatic nitrogens is 3. The van der Waals surface area contributed by atoms with E-state index in [1.165, 1.54) is 0 Å². The number of rotatable bonds is 5. The quantitative estimate of drug-likeness (QED) is 0.645. The number of piperidine rings is 1. The summed E-state index contributed by atoms with van der Waals surface area (Å²) in [6.45, 7) is 3.73. The molecule has 0 spiro atoms. The Morgan fingerprint density at radius 3 is 2.81 bits per heavy atom. The Balaban J connectivity index is 1.54. The second-order valence-electron chi connectivity index (χ2n) is 7.27. The molecule has 1 amide bonds. The van der Waals surface area contributed by atoms with Crippen LogP contribution in [0, 0.1) is 23.7 Å². The number of carbonyl (C=O) groups excluding carboxylic acids is 1. The molecule has 31 heavy (non-hydrogen) atoms. The molecule has 0 unspecified atom stereocenters. The highest BCUT2D eigenvalue weighted by Gasteiger charge is 2.22. The first-order valence-corrected chi connectivity index (χ1v) is 10.2. The Labute approximate surface area is 180 Å². The molecule has 0 radical (unpaired) electrons. The van der Waals surface area contributed by atoms with Crippen molar-refractivity contribution >= 4 is 17.2 Å². The molecule has 156 valence electrons. The van der Waals surface area contributed by atoms with E-state index in [-0.39, 0.29) is 11.9 Å². The normalized spacial score (nSPS) is 14.1. The second kappa shape index (κ2) is 8.76. The third-order valence-corrected chi connectivity index (χ3v) is 5.35. The maximum absolute atomic E-state index is 11.6. The fourth-order valence-electron chi connectivity index (χ4n) is 3.81. The van der Waals surface area contributed by atoms with Gasteiger partial charge in [0.2, 0.25) is 0 Å². The number of fused-ring (bicyclic) bond motifs is 1. The lowest BCUT2D eigenvalue weighted by molar-refractivity contribution is -0.126. The molecule has 3 aromatic heterocycles. The number of amides is 1. The summed E-state index contributed by atoms with van der Waals surface area (Å²) in [6.07, 6.45) is 11.9. The number of ether oxygens (including phenoxy) is 1. The minimum atomic E-state index is -0.252. The van der Waals surface area contributed by atoms with Crippen LogP contribution >= 0.6 is 0 Å². The van der Waals surface area contributed by atoms with Crippen molar-refractivity contribution in [3.05, 3.63) is 42.4 Å². The van der Waals surface area contributed by atoms with Crippen molar-refractivity contribution in [2.24, 2.45) is 0 Å². The molecule has 1 fully saturated rings. The van der Waals surface area contributed by atoms with Gasteiger partial charge in [-0.25, -0.2) is 9.50 Å². The molecule has 0 saturated carbocycles. The molecule has 0 aliphatic carbocycles. The molecule has 0 atom stereocenters. The number of anilines is 1. The number of terminal acetylenes is 1. The van der Waals surface area contributed by atoms with Gasteiger partial charge in [-0.05, 0) is 43.9 Å². The van der Waals surface area contributed by atoms with Crippen molar-refractivity contribution in [3.63, 3.8) is 0 Å². The number of hydrogen-bond donors (Lipinski definition) is 1. The van der Waals surface area contributed by atoms with Gasteiger partial charge in [0, 0.05) is 36.5 Å². The van der Waals surface area contributed by atoms with E-state index in [2.05, 4.69) is 27.4 Å². The third kappa shape index (κ3) is 4.15. The van der Waals surface area contributed by atoms with Gasteiger partial charge >= 0.3 is 0 Å². The van der Waals surface area contributed by atoms with E-state index in [9.17, 15) is 10.1 Å². The van der Waals surface area contributed by atoms with E-state index in [0.29, 0.717) is 31.0 Å². The van der Waals surface area contributed by atoms with E-state index < -0.39 is 0 Å². The summed E-state index contributed by atoms with van der Waals surface area (Å²) in [7, 11) is 0. The lowest BCUT2D eigenvalue weighted by Gasteiger charge is -2.31. The number of hydrogen-bond acceptors (Lipinski definition) is 6. The highest BCUT2D eigenvalue weighted by molar-refractivity contribution is 5.93. The first-order chi connectivity index (χ1) is 15.1. The zero-order valence-corrected chi connectivity index (χ0v) is 17.2. The number of nitrogens with one attached hydrogen (secondary N) is 1. The van der Waals surface area contributed by atoms with Crippen LogP contribution in [0.2, 0.25) is 0 Å². The summed E-state index contributed by atoms with van der Waals surface area (Å²) in [5, 5.41) is 17.2. The van der Waals surface area contributed by atoms with Crippen LogP contribution in [0.1, 0.15) is 25.3 Å². The predicted molar refractivity (Wildman–Crippen MR) is 116 cm³/mol. The van der Waals surface area contributed by atoms with Gasteiger partial charge in [-0.1, -0.05) is 0 Å². The number of nitriles is 1. The Kier molecular flexibility index (Phi) is 5.72. The van der Waals surface area contributed by atoms with E-state index in [4.69, 9.17) is 11.2 Å². The van der Waals surface area contributed by atoms with E-state index in [0.717, 1.165) is 35.3 Å². The molecular formula is C23H22N6O2. The smallest absolute Gasteiger partial charge is 0.298 e. The maximum atomic E-state index is 11.6. The zero-order valence-electron chi connectivity index (χ0n) is 17.2. The number of likely N-dealkylation sites (tertiary alicyclic amines) is 1. The predicted octanol–water partition coefficient (Wildman–Crippen LogP) is 2.70.